The number of nitrogens with two attached hydrogens (primary N) is 1. The minimum absolute atomic E-state index is 0.319. The number of nitrogens with one attached hydrogen (secondary N) is 1. The molecule has 1 heterocycles. The van der Waals surface area contributed by atoms with Crippen LogP contribution < -0.4 is 11.1 Å². The van der Waals surface area contributed by atoms with Crippen molar-refractivity contribution in [3.05, 3.63) is 33.7 Å². The van der Waals surface area contributed by atoms with Gasteiger partial charge in [0.2, 0.25) is 0 Å². The summed E-state index contributed by atoms with van der Waals surface area (Å²) < 4.78 is 15.6. The molecule has 96 valence electrons. The van der Waals surface area contributed by atoms with Crippen LogP contribution in [-0.2, 0) is 7.05 Å². The zero-order valence-electron chi connectivity index (χ0n) is 10.4. The highest BCUT2D eigenvalue weighted by atomic mass is 79.9. The van der Waals surface area contributed by atoms with E-state index < -0.39 is 0 Å². The number of halogens is 2. The molecule has 0 bridgehead atoms. The fourth-order valence-corrected chi connectivity index (χ4v) is 2.19. The largest absolute Gasteiger partial charge is 0.394 e. The van der Waals surface area contributed by atoms with Crippen molar-refractivity contribution in [3.8, 4) is 0 Å². The number of hydrogen-bond donors (Lipinski definition) is 2. The van der Waals surface area contributed by atoms with Crippen LogP contribution in [0.5, 0.6) is 0 Å². The van der Waals surface area contributed by atoms with Gasteiger partial charge >= 0.3 is 0 Å². The van der Waals surface area contributed by atoms with Gasteiger partial charge in [-0.2, -0.15) is 5.10 Å². The Hall–Kier alpha value is -1.56. The number of aryl methyl sites for hydroxylation is 3. The monoisotopic (exact) mass is 312 g/mol. The minimum atomic E-state index is -0.319. The molecule has 0 radical (unpaired) electrons. The Kier molecular flexibility index (Phi) is 3.30. The van der Waals surface area contributed by atoms with Gasteiger partial charge in [0.25, 0.3) is 0 Å². The lowest BCUT2D eigenvalue weighted by molar-refractivity contribution is 0.621. The van der Waals surface area contributed by atoms with Crippen molar-refractivity contribution < 1.29 is 4.39 Å². The molecule has 0 amide bonds. The highest BCUT2D eigenvalue weighted by molar-refractivity contribution is 9.10. The number of nitrogens with zero attached hydrogens (tertiary/aromatic N) is 2. The number of benzene rings is 1. The van der Waals surface area contributed by atoms with Crippen LogP contribution >= 0.6 is 15.9 Å². The molecule has 0 aliphatic rings. The normalized spacial score (nSPS) is 10.7. The third kappa shape index (κ3) is 2.20. The first-order valence-electron chi connectivity index (χ1n) is 5.42. The quantitative estimate of drug-likeness (QED) is 0.895. The predicted octanol–water partition coefficient (Wildman–Crippen LogP) is 3.26. The first-order valence-corrected chi connectivity index (χ1v) is 6.21. The lowest BCUT2D eigenvalue weighted by Crippen LogP contribution is -2.03. The van der Waals surface area contributed by atoms with Crippen LogP contribution in [0.4, 0.5) is 21.6 Å². The Morgan fingerprint density at radius 2 is 2.06 bits per heavy atom. The van der Waals surface area contributed by atoms with Crippen LogP contribution in [0.25, 0.3) is 0 Å². The standard InChI is InChI=1S/C12H14BrFN4/c1-6-4-8(13)9(14)5-10(6)16-12-11(15)7(2)17-18(12)3/h4-5,16H,15H2,1-3H3. The highest BCUT2D eigenvalue weighted by Gasteiger charge is 2.12. The van der Waals surface area contributed by atoms with Gasteiger partial charge < -0.3 is 11.1 Å². The van der Waals surface area contributed by atoms with Crippen molar-refractivity contribution in [2.24, 2.45) is 7.05 Å². The second kappa shape index (κ2) is 4.61. The van der Waals surface area contributed by atoms with Crippen molar-refractivity contribution >= 4 is 33.1 Å². The summed E-state index contributed by atoms with van der Waals surface area (Å²) in [5, 5.41) is 7.31. The average Bonchev–Trinajstić information content (AvgIpc) is 2.52. The number of rotatable bonds is 2. The van der Waals surface area contributed by atoms with Gasteiger partial charge in [0.15, 0.2) is 5.82 Å². The Bertz CT molecular complexity index is 607. The summed E-state index contributed by atoms with van der Waals surface area (Å²) in [7, 11) is 1.79. The van der Waals surface area contributed by atoms with Crippen molar-refractivity contribution in [3.63, 3.8) is 0 Å². The van der Waals surface area contributed by atoms with Crippen LogP contribution in [0.3, 0.4) is 0 Å². The second-order valence-electron chi connectivity index (χ2n) is 4.18. The minimum Gasteiger partial charge on any atom is -0.394 e. The Labute approximate surface area is 113 Å². The molecule has 6 heteroatoms. The van der Waals surface area contributed by atoms with E-state index in [1.807, 2.05) is 13.8 Å². The van der Waals surface area contributed by atoms with Gasteiger partial charge in [-0.25, -0.2) is 4.39 Å². The Morgan fingerprint density at radius 3 is 2.61 bits per heavy atom. The molecule has 0 aliphatic carbocycles. The van der Waals surface area contributed by atoms with Crippen LogP contribution in [0.15, 0.2) is 16.6 Å². The third-order valence-corrected chi connectivity index (χ3v) is 3.40. The summed E-state index contributed by atoms with van der Waals surface area (Å²) in [4.78, 5) is 0. The second-order valence-corrected chi connectivity index (χ2v) is 5.03. The summed E-state index contributed by atoms with van der Waals surface area (Å²) in [5.41, 5.74) is 8.83. The molecule has 0 saturated heterocycles. The first-order chi connectivity index (χ1) is 8.40. The summed E-state index contributed by atoms with van der Waals surface area (Å²) in [5.74, 6) is 0.345. The van der Waals surface area contributed by atoms with E-state index in [0.29, 0.717) is 21.7 Å². The molecule has 2 aromatic rings. The van der Waals surface area contributed by atoms with Crippen LogP contribution in [0.2, 0.25) is 0 Å². The highest BCUT2D eigenvalue weighted by Crippen LogP contribution is 2.29. The van der Waals surface area contributed by atoms with E-state index in [1.54, 1.807) is 17.8 Å². The summed E-state index contributed by atoms with van der Waals surface area (Å²) in [6.07, 6.45) is 0. The number of nitrogen functional groups attached to an aromatic ring is 1. The molecule has 0 fully saturated rings. The Morgan fingerprint density at radius 1 is 1.39 bits per heavy atom. The molecule has 0 saturated carbocycles. The molecule has 1 aromatic heterocycles. The van der Waals surface area contributed by atoms with Crippen molar-refractivity contribution in [1.82, 2.24) is 9.78 Å². The lowest BCUT2D eigenvalue weighted by Gasteiger charge is -2.11. The molecule has 4 nitrogen and oxygen atoms in total. The predicted molar refractivity (Wildman–Crippen MR) is 74.5 cm³/mol. The van der Waals surface area contributed by atoms with E-state index in [1.165, 1.54) is 6.07 Å². The van der Waals surface area contributed by atoms with Gasteiger partial charge in [-0.1, -0.05) is 0 Å². The van der Waals surface area contributed by atoms with Gasteiger partial charge in [-0.05, 0) is 47.5 Å². The SMILES string of the molecule is Cc1cc(Br)c(F)cc1Nc1c(N)c(C)nn1C. The molecule has 0 unspecified atom stereocenters. The van der Waals surface area contributed by atoms with Crippen LogP contribution in [0, 0.1) is 19.7 Å². The molecular weight excluding hydrogens is 299 g/mol. The maximum Gasteiger partial charge on any atom is 0.152 e. The maximum atomic E-state index is 13.5. The van der Waals surface area contributed by atoms with Gasteiger partial charge in [-0.15, -0.1) is 0 Å². The molecular formula is C12H14BrFN4. The summed E-state index contributed by atoms with van der Waals surface area (Å²) in [6.45, 7) is 3.72. The van der Waals surface area contributed by atoms with E-state index in [2.05, 4.69) is 26.3 Å². The van der Waals surface area contributed by atoms with Crippen LogP contribution in [0.1, 0.15) is 11.3 Å². The fourth-order valence-electron chi connectivity index (χ4n) is 1.73. The van der Waals surface area contributed by atoms with Gasteiger partial charge in [0.1, 0.15) is 5.82 Å². The van der Waals surface area contributed by atoms with Gasteiger partial charge in [-0.3, -0.25) is 4.68 Å². The maximum absolute atomic E-state index is 13.5. The molecule has 2 rings (SSSR count). The van der Waals surface area contributed by atoms with Crippen molar-refractivity contribution in [1.29, 1.82) is 0 Å². The zero-order valence-corrected chi connectivity index (χ0v) is 12.0. The average molecular weight is 313 g/mol. The molecule has 3 N–H and O–H groups in total. The van der Waals surface area contributed by atoms with Crippen molar-refractivity contribution in [2.45, 2.75) is 13.8 Å². The fraction of sp³-hybridized carbons (Fsp3) is 0.250. The van der Waals surface area contributed by atoms with Gasteiger partial charge in [0.05, 0.1) is 15.9 Å². The molecule has 1 aromatic carbocycles. The first kappa shape index (κ1) is 12.9. The van der Waals surface area contributed by atoms with Crippen LogP contribution in [-0.4, -0.2) is 9.78 Å². The molecule has 0 aliphatic heterocycles. The summed E-state index contributed by atoms with van der Waals surface area (Å²) in [6, 6.07) is 3.15. The van der Waals surface area contributed by atoms with E-state index in [-0.39, 0.29) is 5.82 Å². The van der Waals surface area contributed by atoms with E-state index in [4.69, 9.17) is 5.73 Å². The number of hydrogen-bond acceptors (Lipinski definition) is 3. The molecule has 0 atom stereocenters. The zero-order chi connectivity index (χ0) is 13.4. The molecule has 0 spiro atoms. The van der Waals surface area contributed by atoms with E-state index in [9.17, 15) is 4.39 Å². The molecule has 18 heavy (non-hydrogen) atoms. The van der Waals surface area contributed by atoms with E-state index >= 15 is 0 Å². The number of anilines is 3. The van der Waals surface area contributed by atoms with Crippen molar-refractivity contribution in [2.75, 3.05) is 11.1 Å². The summed E-state index contributed by atoms with van der Waals surface area (Å²) >= 11 is 3.15. The topological polar surface area (TPSA) is 55.9 Å². The third-order valence-electron chi connectivity index (χ3n) is 2.79. The van der Waals surface area contributed by atoms with E-state index in [0.717, 1.165) is 11.3 Å². The number of aromatic nitrogens is 2. The van der Waals surface area contributed by atoms with Gasteiger partial charge in [0, 0.05) is 12.7 Å². The smallest absolute Gasteiger partial charge is 0.152 e. The lowest BCUT2D eigenvalue weighted by atomic mass is 10.2. The Balaban J connectivity index is 2.43.